The predicted octanol–water partition coefficient (Wildman–Crippen LogP) is 3.19. The van der Waals surface area contributed by atoms with E-state index in [1.165, 1.54) is 16.2 Å². The summed E-state index contributed by atoms with van der Waals surface area (Å²) in [7, 11) is 0. The van der Waals surface area contributed by atoms with Gasteiger partial charge in [-0.2, -0.15) is 0 Å². The summed E-state index contributed by atoms with van der Waals surface area (Å²) in [5, 5.41) is 11.5. The van der Waals surface area contributed by atoms with E-state index >= 15 is 0 Å². The highest BCUT2D eigenvalue weighted by atomic mass is 32.1. The lowest BCUT2D eigenvalue weighted by Crippen LogP contribution is -2.10. The van der Waals surface area contributed by atoms with Crippen molar-refractivity contribution in [3.05, 3.63) is 51.7 Å². The summed E-state index contributed by atoms with van der Waals surface area (Å²) in [5.74, 6) is -1.01. The van der Waals surface area contributed by atoms with Gasteiger partial charge >= 0.3 is 5.97 Å². The fourth-order valence-electron chi connectivity index (χ4n) is 1.76. The number of hydrogen-bond donors (Lipinski definition) is 2. The number of carboxylic acids is 1. The van der Waals surface area contributed by atoms with E-state index in [1.54, 1.807) is 24.3 Å². The number of hydrogen-bond acceptors (Lipinski definition) is 3. The highest BCUT2D eigenvalue weighted by Crippen LogP contribution is 2.19. The van der Waals surface area contributed by atoms with Gasteiger partial charge in [-0.15, -0.1) is 11.3 Å². The summed E-state index contributed by atoms with van der Waals surface area (Å²) in [6, 6.07) is 10.6. The second-order valence-electron chi connectivity index (χ2n) is 4.34. The van der Waals surface area contributed by atoms with Gasteiger partial charge in [0.2, 0.25) is 0 Å². The normalized spacial score (nSPS) is 10.2. The van der Waals surface area contributed by atoms with Gasteiger partial charge in [-0.3, -0.25) is 9.59 Å². The summed E-state index contributed by atoms with van der Waals surface area (Å²) in [6.45, 7) is 2.05. The molecule has 0 aliphatic carbocycles. The van der Waals surface area contributed by atoms with Crippen molar-refractivity contribution in [1.82, 2.24) is 0 Å². The summed E-state index contributed by atoms with van der Waals surface area (Å²) >= 11 is 1.48. The van der Waals surface area contributed by atoms with Crippen LogP contribution in [0.1, 0.15) is 27.0 Å². The first-order valence-corrected chi connectivity index (χ1v) is 7.11. The summed E-state index contributed by atoms with van der Waals surface area (Å²) in [6.07, 6.45) is 0.904. The molecule has 2 aromatic rings. The molecule has 1 amide bonds. The molecule has 0 bridgehead atoms. The average molecular weight is 289 g/mol. The summed E-state index contributed by atoms with van der Waals surface area (Å²) in [4.78, 5) is 24.4. The van der Waals surface area contributed by atoms with Crippen LogP contribution in [-0.4, -0.2) is 17.0 Å². The van der Waals surface area contributed by atoms with E-state index in [0.29, 0.717) is 16.1 Å². The Hall–Kier alpha value is -2.14. The zero-order chi connectivity index (χ0) is 14.5. The van der Waals surface area contributed by atoms with Crippen molar-refractivity contribution in [2.75, 3.05) is 5.32 Å². The van der Waals surface area contributed by atoms with Crippen molar-refractivity contribution >= 4 is 28.9 Å². The Morgan fingerprint density at radius 1 is 1.15 bits per heavy atom. The first-order chi connectivity index (χ1) is 9.58. The van der Waals surface area contributed by atoms with E-state index in [1.807, 2.05) is 12.1 Å². The Bertz CT molecular complexity index is 616. The molecule has 20 heavy (non-hydrogen) atoms. The molecule has 2 rings (SSSR count). The molecule has 1 heterocycles. The zero-order valence-electron chi connectivity index (χ0n) is 11.1. The van der Waals surface area contributed by atoms with Crippen LogP contribution in [0, 0.1) is 0 Å². The van der Waals surface area contributed by atoms with Crippen LogP contribution >= 0.6 is 11.3 Å². The molecule has 0 spiro atoms. The molecule has 1 aromatic carbocycles. The Morgan fingerprint density at radius 3 is 2.40 bits per heavy atom. The van der Waals surface area contributed by atoms with E-state index in [2.05, 4.69) is 12.2 Å². The van der Waals surface area contributed by atoms with Gasteiger partial charge in [0.1, 0.15) is 0 Å². The third-order valence-corrected chi connectivity index (χ3v) is 4.03. The van der Waals surface area contributed by atoms with Crippen molar-refractivity contribution in [1.29, 1.82) is 0 Å². The van der Waals surface area contributed by atoms with Gasteiger partial charge in [-0.25, -0.2) is 0 Å². The molecule has 0 radical (unpaired) electrons. The topological polar surface area (TPSA) is 66.4 Å². The zero-order valence-corrected chi connectivity index (χ0v) is 11.9. The maximum Gasteiger partial charge on any atom is 0.307 e. The van der Waals surface area contributed by atoms with Gasteiger partial charge in [-0.1, -0.05) is 19.1 Å². The fourth-order valence-corrected chi connectivity index (χ4v) is 2.61. The number of carbonyl (C=O) groups is 2. The molecule has 104 valence electrons. The molecule has 0 saturated carbocycles. The second kappa shape index (κ2) is 6.34. The number of carbonyl (C=O) groups excluding carboxylic acids is 1. The molecule has 0 saturated heterocycles. The monoisotopic (exact) mass is 289 g/mol. The number of carboxylic acid groups (broad SMARTS) is 1. The lowest BCUT2D eigenvalue weighted by Gasteiger charge is -2.04. The minimum Gasteiger partial charge on any atom is -0.481 e. The van der Waals surface area contributed by atoms with E-state index in [0.717, 1.165) is 6.42 Å². The number of rotatable bonds is 5. The van der Waals surface area contributed by atoms with Crippen LogP contribution in [0.5, 0.6) is 0 Å². The highest BCUT2D eigenvalue weighted by molar-refractivity contribution is 7.14. The molecule has 0 aliphatic heterocycles. The maximum atomic E-state index is 12.0. The first kappa shape index (κ1) is 14.3. The predicted molar refractivity (Wildman–Crippen MR) is 79.4 cm³/mol. The molecule has 0 fully saturated rings. The van der Waals surface area contributed by atoms with Crippen LogP contribution < -0.4 is 5.32 Å². The minimum atomic E-state index is -0.868. The van der Waals surface area contributed by atoms with Gasteiger partial charge in [0.15, 0.2) is 0 Å². The number of anilines is 1. The quantitative estimate of drug-likeness (QED) is 0.888. The van der Waals surface area contributed by atoms with Crippen LogP contribution in [0.3, 0.4) is 0 Å². The number of aryl methyl sites for hydroxylation is 1. The highest BCUT2D eigenvalue weighted by Gasteiger charge is 2.09. The maximum absolute atomic E-state index is 12.0. The molecule has 1 aromatic heterocycles. The molecule has 0 unspecified atom stereocenters. The second-order valence-corrected chi connectivity index (χ2v) is 5.51. The van der Waals surface area contributed by atoms with Crippen molar-refractivity contribution in [3.8, 4) is 0 Å². The van der Waals surface area contributed by atoms with Crippen molar-refractivity contribution in [3.63, 3.8) is 0 Å². The van der Waals surface area contributed by atoms with Crippen LogP contribution in [0.4, 0.5) is 5.69 Å². The average Bonchev–Trinajstić information content (AvgIpc) is 2.89. The van der Waals surface area contributed by atoms with E-state index in [-0.39, 0.29) is 12.3 Å². The third-order valence-electron chi connectivity index (χ3n) is 2.80. The Kier molecular flexibility index (Phi) is 4.53. The molecular weight excluding hydrogens is 274 g/mol. The standard InChI is InChI=1S/C15H15NO3S/c1-2-12-7-8-13(20-12)15(19)16-11-5-3-10(4-6-11)9-14(17)18/h3-8H,2,9H2,1H3,(H,16,19)(H,17,18). The van der Waals surface area contributed by atoms with Crippen molar-refractivity contribution in [2.45, 2.75) is 19.8 Å². The van der Waals surface area contributed by atoms with Gasteiger partial charge in [0, 0.05) is 10.6 Å². The molecule has 0 atom stereocenters. The molecular formula is C15H15NO3S. The molecule has 4 nitrogen and oxygen atoms in total. The number of amides is 1. The van der Waals surface area contributed by atoms with Crippen LogP contribution in [0.15, 0.2) is 36.4 Å². The molecule has 2 N–H and O–H groups in total. The van der Waals surface area contributed by atoms with Crippen LogP contribution in [-0.2, 0) is 17.6 Å². The van der Waals surface area contributed by atoms with E-state index in [4.69, 9.17) is 5.11 Å². The van der Waals surface area contributed by atoms with Gasteiger partial charge < -0.3 is 10.4 Å². The van der Waals surface area contributed by atoms with Crippen LogP contribution in [0.25, 0.3) is 0 Å². The number of benzene rings is 1. The van der Waals surface area contributed by atoms with Gasteiger partial charge in [-0.05, 0) is 36.2 Å². The Morgan fingerprint density at radius 2 is 1.85 bits per heavy atom. The number of nitrogens with one attached hydrogen (secondary N) is 1. The number of aliphatic carboxylic acids is 1. The largest absolute Gasteiger partial charge is 0.481 e. The third kappa shape index (κ3) is 3.68. The lowest BCUT2D eigenvalue weighted by atomic mass is 10.1. The SMILES string of the molecule is CCc1ccc(C(=O)Nc2ccc(CC(=O)O)cc2)s1. The fraction of sp³-hybridized carbons (Fsp3) is 0.200. The van der Waals surface area contributed by atoms with Gasteiger partial charge in [0.05, 0.1) is 11.3 Å². The van der Waals surface area contributed by atoms with E-state index < -0.39 is 5.97 Å². The number of thiophene rings is 1. The Labute approximate surface area is 121 Å². The molecule has 5 heteroatoms. The van der Waals surface area contributed by atoms with Crippen molar-refractivity contribution in [2.24, 2.45) is 0 Å². The Balaban J connectivity index is 2.02. The molecule has 0 aliphatic rings. The van der Waals surface area contributed by atoms with Gasteiger partial charge in [0.25, 0.3) is 5.91 Å². The first-order valence-electron chi connectivity index (χ1n) is 6.29. The smallest absolute Gasteiger partial charge is 0.307 e. The summed E-state index contributed by atoms with van der Waals surface area (Å²) < 4.78 is 0. The minimum absolute atomic E-state index is 0.0149. The van der Waals surface area contributed by atoms with Crippen LogP contribution in [0.2, 0.25) is 0 Å². The summed E-state index contributed by atoms with van der Waals surface area (Å²) in [5.41, 5.74) is 1.37. The van der Waals surface area contributed by atoms with Crippen molar-refractivity contribution < 1.29 is 14.7 Å². The van der Waals surface area contributed by atoms with E-state index in [9.17, 15) is 9.59 Å². The lowest BCUT2D eigenvalue weighted by molar-refractivity contribution is -0.136.